The number of aromatic nitrogens is 2. The van der Waals surface area contributed by atoms with Crippen LogP contribution in [-0.2, 0) is 24.2 Å². The Morgan fingerprint density at radius 1 is 1.11 bits per heavy atom. The fourth-order valence-corrected chi connectivity index (χ4v) is 1.85. The number of ketones is 1. The average Bonchev–Trinajstić information content (AvgIpc) is 2.83. The Hall–Kier alpha value is -2.61. The fourth-order valence-electron chi connectivity index (χ4n) is 1.85. The van der Waals surface area contributed by atoms with Gasteiger partial charge in [0.1, 0.15) is 18.1 Å². The van der Waals surface area contributed by atoms with Crippen LogP contribution in [0.4, 0.5) is 26.3 Å². The van der Waals surface area contributed by atoms with Crippen LogP contribution in [0.3, 0.4) is 0 Å². The second-order valence-electron chi connectivity index (χ2n) is 5.14. The third-order valence-corrected chi connectivity index (χ3v) is 3.59. The average molecular weight is 434 g/mol. The van der Waals surface area contributed by atoms with Gasteiger partial charge < -0.3 is 9.29 Å². The summed E-state index contributed by atoms with van der Waals surface area (Å²) in [7, 11) is -2.66. The molecular weight excluding hydrogens is 422 g/mol. The van der Waals surface area contributed by atoms with Gasteiger partial charge in [-0.25, -0.2) is 17.6 Å². The Morgan fingerprint density at radius 3 is 1.89 bits per heavy atom. The van der Waals surface area contributed by atoms with Crippen LogP contribution in [0.15, 0.2) is 36.7 Å². The van der Waals surface area contributed by atoms with Crippen molar-refractivity contribution >= 4 is 15.9 Å². The molecule has 28 heavy (non-hydrogen) atoms. The van der Waals surface area contributed by atoms with E-state index < -0.39 is 22.0 Å². The highest BCUT2D eigenvalue weighted by Crippen LogP contribution is 2.23. The summed E-state index contributed by atoms with van der Waals surface area (Å²) in [6.45, 7) is 0. The summed E-state index contributed by atoms with van der Waals surface area (Å²) in [5.74, 6) is -0.210. The van der Waals surface area contributed by atoms with Crippen LogP contribution < -0.4 is 9.30 Å². The minimum absolute atomic E-state index is 0.279. The summed E-state index contributed by atoms with van der Waals surface area (Å²) in [6, 6.07) is 4.83. The van der Waals surface area contributed by atoms with Crippen molar-refractivity contribution in [3.8, 4) is 5.75 Å². The number of carbonyl (C=O) groups is 1. The SMILES string of the molecule is Cn1cc[n+](C)c1C(=O)c1ccc(OC(F)(F)F)cc1.O=S(=O)([O-])C(F)(F)F. The summed E-state index contributed by atoms with van der Waals surface area (Å²) >= 11 is 0. The molecule has 2 rings (SSSR count). The van der Waals surface area contributed by atoms with Crippen molar-refractivity contribution < 1.29 is 53.4 Å². The molecule has 0 aliphatic carbocycles. The first-order valence-electron chi connectivity index (χ1n) is 6.96. The molecule has 0 atom stereocenters. The molecule has 0 saturated carbocycles. The molecule has 0 N–H and O–H groups in total. The number of rotatable bonds is 3. The van der Waals surface area contributed by atoms with Gasteiger partial charge >= 0.3 is 17.7 Å². The number of aryl methyl sites for hydroxylation is 2. The minimum Gasteiger partial charge on any atom is -0.741 e. The molecule has 0 spiro atoms. The molecule has 0 aliphatic heterocycles. The van der Waals surface area contributed by atoms with Gasteiger partial charge in [0.05, 0.1) is 14.1 Å². The second-order valence-corrected chi connectivity index (χ2v) is 6.52. The first-order chi connectivity index (χ1) is 12.5. The normalized spacial score (nSPS) is 12.2. The molecule has 0 radical (unpaired) electrons. The molecule has 0 unspecified atom stereocenters. The largest absolute Gasteiger partial charge is 0.741 e. The van der Waals surface area contributed by atoms with Gasteiger partial charge in [0.2, 0.25) is 0 Å². The summed E-state index contributed by atoms with van der Waals surface area (Å²) in [5, 5.41) is 0. The Morgan fingerprint density at radius 2 is 1.57 bits per heavy atom. The minimum atomic E-state index is -6.09. The Kier molecular flexibility index (Phi) is 6.84. The molecule has 1 heterocycles. The van der Waals surface area contributed by atoms with Gasteiger partial charge in [-0.05, 0) is 24.3 Å². The topological polar surface area (TPSA) is 92.3 Å². The summed E-state index contributed by atoms with van der Waals surface area (Å²) in [4.78, 5) is 12.2. The Balaban J connectivity index is 0.000000416. The van der Waals surface area contributed by atoms with E-state index in [1.807, 2.05) is 0 Å². The van der Waals surface area contributed by atoms with E-state index in [-0.39, 0.29) is 17.1 Å². The van der Waals surface area contributed by atoms with E-state index in [1.165, 1.54) is 12.1 Å². The maximum absolute atomic E-state index is 12.2. The first kappa shape index (κ1) is 23.4. The predicted octanol–water partition coefficient (Wildman–Crippen LogP) is 2.03. The predicted molar refractivity (Wildman–Crippen MR) is 78.9 cm³/mol. The first-order valence-corrected chi connectivity index (χ1v) is 8.37. The lowest BCUT2D eigenvalue weighted by molar-refractivity contribution is -0.672. The van der Waals surface area contributed by atoms with Crippen LogP contribution in [-0.4, -0.2) is 35.2 Å². The van der Waals surface area contributed by atoms with E-state index in [4.69, 9.17) is 13.0 Å². The number of carbonyl (C=O) groups excluding carboxylic acids is 1. The smallest absolute Gasteiger partial charge is 0.573 e. The van der Waals surface area contributed by atoms with Crippen LogP contribution in [0.25, 0.3) is 0 Å². The monoisotopic (exact) mass is 434 g/mol. The standard InChI is InChI=1S/C13H12F3N2O2.CHF3O3S/c1-17-7-8-18(2)12(17)11(19)9-3-5-10(6-4-9)20-13(14,15)16;2-1(3,4)8(5,6)7/h3-8H,1-2H3;(H,5,6,7)/q+1;/p-1. The molecule has 0 aliphatic rings. The zero-order valence-electron chi connectivity index (χ0n) is 14.1. The van der Waals surface area contributed by atoms with Crippen LogP contribution in [0.5, 0.6) is 5.75 Å². The molecule has 156 valence electrons. The van der Waals surface area contributed by atoms with Crippen LogP contribution in [0, 0.1) is 0 Å². The highest BCUT2D eigenvalue weighted by molar-refractivity contribution is 7.86. The van der Waals surface area contributed by atoms with Gasteiger partial charge in [0.15, 0.2) is 10.1 Å². The number of hydrogen-bond acceptors (Lipinski definition) is 5. The number of halogens is 6. The molecule has 14 heteroatoms. The molecule has 0 saturated heterocycles. The van der Waals surface area contributed by atoms with E-state index >= 15 is 0 Å². The van der Waals surface area contributed by atoms with E-state index in [0.717, 1.165) is 12.1 Å². The van der Waals surface area contributed by atoms with Crippen molar-refractivity contribution in [2.75, 3.05) is 0 Å². The number of alkyl halides is 6. The lowest BCUT2D eigenvalue weighted by Crippen LogP contribution is -2.35. The Bertz CT molecular complexity index is 913. The third kappa shape index (κ3) is 6.53. The van der Waals surface area contributed by atoms with Crippen molar-refractivity contribution in [1.82, 2.24) is 4.57 Å². The zero-order valence-corrected chi connectivity index (χ0v) is 14.9. The number of nitrogens with zero attached hydrogens (tertiary/aromatic N) is 2. The van der Waals surface area contributed by atoms with E-state index in [9.17, 15) is 31.1 Å². The van der Waals surface area contributed by atoms with Crippen molar-refractivity contribution in [3.05, 3.63) is 48.0 Å². The quantitative estimate of drug-likeness (QED) is 0.242. The van der Waals surface area contributed by atoms with Crippen molar-refractivity contribution in [2.24, 2.45) is 14.1 Å². The summed E-state index contributed by atoms with van der Waals surface area (Å²) in [6.07, 6.45) is -1.31. The number of hydrogen-bond donors (Lipinski definition) is 0. The van der Waals surface area contributed by atoms with Crippen molar-refractivity contribution in [1.29, 1.82) is 0 Å². The fraction of sp³-hybridized carbons (Fsp3) is 0.286. The molecular formula is C14H12F6N2O5S. The Labute approximate surface area is 154 Å². The third-order valence-electron chi connectivity index (χ3n) is 3.02. The summed E-state index contributed by atoms with van der Waals surface area (Å²) < 4.78 is 102. The van der Waals surface area contributed by atoms with E-state index in [2.05, 4.69) is 4.74 Å². The highest BCUT2D eigenvalue weighted by Gasteiger charge is 2.37. The lowest BCUT2D eigenvalue weighted by atomic mass is 10.1. The molecule has 7 nitrogen and oxygen atoms in total. The van der Waals surface area contributed by atoms with Gasteiger partial charge in [-0.1, -0.05) is 0 Å². The van der Waals surface area contributed by atoms with Gasteiger partial charge in [0, 0.05) is 5.56 Å². The maximum Gasteiger partial charge on any atom is 0.573 e. The van der Waals surface area contributed by atoms with Crippen LogP contribution >= 0.6 is 0 Å². The zero-order chi connectivity index (χ0) is 21.9. The van der Waals surface area contributed by atoms with Gasteiger partial charge in [-0.15, -0.1) is 13.2 Å². The van der Waals surface area contributed by atoms with Gasteiger partial charge in [-0.2, -0.15) is 13.2 Å². The summed E-state index contributed by atoms with van der Waals surface area (Å²) in [5.41, 5.74) is -5.36. The molecule has 1 aromatic carbocycles. The van der Waals surface area contributed by atoms with E-state index in [1.54, 1.807) is 35.6 Å². The number of ether oxygens (including phenoxy) is 1. The van der Waals surface area contributed by atoms with Crippen LogP contribution in [0.2, 0.25) is 0 Å². The van der Waals surface area contributed by atoms with Crippen molar-refractivity contribution in [3.63, 3.8) is 0 Å². The van der Waals surface area contributed by atoms with Gasteiger partial charge in [0.25, 0.3) is 5.78 Å². The molecule has 0 amide bonds. The molecule has 2 aromatic rings. The molecule has 0 fully saturated rings. The number of imidazole rings is 1. The van der Waals surface area contributed by atoms with Crippen molar-refractivity contribution in [2.45, 2.75) is 11.9 Å². The maximum atomic E-state index is 12.2. The van der Waals surface area contributed by atoms with E-state index in [0.29, 0.717) is 5.82 Å². The molecule has 0 bridgehead atoms. The second kappa shape index (κ2) is 8.18. The van der Waals surface area contributed by atoms with Gasteiger partial charge in [-0.3, -0.25) is 4.79 Å². The lowest BCUT2D eigenvalue weighted by Gasteiger charge is -2.08. The molecule has 1 aromatic heterocycles. The number of benzene rings is 1. The highest BCUT2D eigenvalue weighted by atomic mass is 32.2. The van der Waals surface area contributed by atoms with Crippen LogP contribution in [0.1, 0.15) is 16.2 Å².